The van der Waals surface area contributed by atoms with Gasteiger partial charge in [0, 0.05) is 26.2 Å². The number of rotatable bonds is 2. The number of anilines is 4. The number of halogens is 1. The maximum Gasteiger partial charge on any atom is 0.260 e. The van der Waals surface area contributed by atoms with E-state index in [1.807, 2.05) is 6.07 Å². The van der Waals surface area contributed by atoms with Crippen molar-refractivity contribution in [2.24, 2.45) is 0 Å². The predicted molar refractivity (Wildman–Crippen MR) is 103 cm³/mol. The molecule has 27 heavy (non-hydrogen) atoms. The zero-order valence-electron chi connectivity index (χ0n) is 15.4. The number of fused-ring (bicyclic) bond motifs is 2. The van der Waals surface area contributed by atoms with Crippen molar-refractivity contribution in [2.45, 2.75) is 37.8 Å². The van der Waals surface area contributed by atoms with E-state index >= 15 is 0 Å². The van der Waals surface area contributed by atoms with Crippen LogP contribution in [0.1, 0.15) is 36.0 Å². The zero-order valence-corrected chi connectivity index (χ0v) is 15.4. The van der Waals surface area contributed by atoms with E-state index in [0.717, 1.165) is 25.7 Å². The highest BCUT2D eigenvalue weighted by Gasteiger charge is 2.30. The molecule has 1 aliphatic carbocycles. The fourth-order valence-electron chi connectivity index (χ4n) is 3.91. The normalized spacial score (nSPS) is 22.1. The zero-order chi connectivity index (χ0) is 19.1. The van der Waals surface area contributed by atoms with Crippen LogP contribution < -0.4 is 15.1 Å². The summed E-state index contributed by atoms with van der Waals surface area (Å²) in [5.41, 5.74) is 1.93. The molecule has 6 nitrogen and oxygen atoms in total. The Balaban J connectivity index is 1.71. The summed E-state index contributed by atoms with van der Waals surface area (Å²) in [7, 11) is 3.43. The number of aromatic nitrogens is 1. The molecule has 2 heterocycles. The largest absolute Gasteiger partial charge is 0.393 e. The molecule has 1 aliphatic heterocycles. The number of carbonyl (C=O) groups is 1. The highest BCUT2D eigenvalue weighted by atomic mass is 19.1. The molecule has 0 spiro atoms. The number of para-hydroxylation sites is 1. The molecular weight excluding hydrogens is 347 g/mol. The maximum absolute atomic E-state index is 14.5. The van der Waals surface area contributed by atoms with E-state index in [1.165, 1.54) is 11.0 Å². The molecule has 2 aromatic rings. The molecule has 1 amide bonds. The van der Waals surface area contributed by atoms with E-state index in [4.69, 9.17) is 0 Å². The molecule has 1 saturated carbocycles. The van der Waals surface area contributed by atoms with Crippen molar-refractivity contribution in [3.05, 3.63) is 41.8 Å². The summed E-state index contributed by atoms with van der Waals surface area (Å²) < 4.78 is 14.5. The van der Waals surface area contributed by atoms with Gasteiger partial charge in [0.25, 0.3) is 5.91 Å². The number of nitrogens with zero attached hydrogens (tertiary/aromatic N) is 3. The number of amides is 1. The van der Waals surface area contributed by atoms with Crippen LogP contribution in [-0.4, -0.2) is 42.2 Å². The maximum atomic E-state index is 14.5. The Morgan fingerprint density at radius 2 is 1.89 bits per heavy atom. The van der Waals surface area contributed by atoms with Crippen LogP contribution in [0.3, 0.4) is 0 Å². The Labute approximate surface area is 157 Å². The van der Waals surface area contributed by atoms with E-state index in [1.54, 1.807) is 37.3 Å². The summed E-state index contributed by atoms with van der Waals surface area (Å²) in [6.07, 6.45) is 4.75. The predicted octanol–water partition coefficient (Wildman–Crippen LogP) is 3.29. The number of carbonyl (C=O) groups excluding carboxylic acids is 1. The van der Waals surface area contributed by atoms with Gasteiger partial charge in [0.05, 0.1) is 34.9 Å². The lowest BCUT2D eigenvalue weighted by molar-refractivity contribution is 0.0994. The van der Waals surface area contributed by atoms with E-state index in [0.29, 0.717) is 22.8 Å². The van der Waals surface area contributed by atoms with Gasteiger partial charge in [0.15, 0.2) is 0 Å². The van der Waals surface area contributed by atoms with Gasteiger partial charge in [-0.15, -0.1) is 0 Å². The Kier molecular flexibility index (Phi) is 4.47. The van der Waals surface area contributed by atoms with Gasteiger partial charge < -0.3 is 20.2 Å². The smallest absolute Gasteiger partial charge is 0.260 e. The van der Waals surface area contributed by atoms with Gasteiger partial charge in [-0.1, -0.05) is 6.07 Å². The van der Waals surface area contributed by atoms with Gasteiger partial charge >= 0.3 is 0 Å². The van der Waals surface area contributed by atoms with Crippen molar-refractivity contribution in [2.75, 3.05) is 29.2 Å². The molecule has 0 unspecified atom stereocenters. The Bertz CT molecular complexity index is 880. The van der Waals surface area contributed by atoms with E-state index in [9.17, 15) is 14.3 Å². The highest BCUT2D eigenvalue weighted by molar-refractivity contribution is 6.13. The lowest BCUT2D eigenvalue weighted by Gasteiger charge is -2.28. The van der Waals surface area contributed by atoms with Crippen LogP contribution in [0.5, 0.6) is 0 Å². The summed E-state index contributed by atoms with van der Waals surface area (Å²) in [6.45, 7) is 0. The third-order valence-corrected chi connectivity index (χ3v) is 5.49. The number of aliphatic hydroxyl groups excluding tert-OH is 1. The van der Waals surface area contributed by atoms with Gasteiger partial charge in [-0.05, 0) is 37.8 Å². The number of hydrogen-bond donors (Lipinski definition) is 2. The minimum atomic E-state index is -0.433. The molecule has 0 bridgehead atoms. The lowest BCUT2D eigenvalue weighted by atomic mass is 9.93. The summed E-state index contributed by atoms with van der Waals surface area (Å²) >= 11 is 0. The molecule has 0 radical (unpaired) electrons. The van der Waals surface area contributed by atoms with E-state index in [2.05, 4.69) is 10.3 Å². The number of pyridine rings is 1. The van der Waals surface area contributed by atoms with Crippen molar-refractivity contribution >= 4 is 28.8 Å². The summed E-state index contributed by atoms with van der Waals surface area (Å²) in [5.74, 6) is -0.0151. The van der Waals surface area contributed by atoms with Crippen molar-refractivity contribution in [1.82, 2.24) is 4.98 Å². The molecule has 1 aromatic heterocycles. The Hall–Kier alpha value is -2.67. The van der Waals surface area contributed by atoms with Crippen molar-refractivity contribution in [3.8, 4) is 0 Å². The summed E-state index contributed by atoms with van der Waals surface area (Å²) in [4.78, 5) is 20.5. The van der Waals surface area contributed by atoms with Crippen LogP contribution in [0.2, 0.25) is 0 Å². The lowest BCUT2D eigenvalue weighted by Crippen LogP contribution is -2.29. The summed E-state index contributed by atoms with van der Waals surface area (Å²) in [5, 5.41) is 13.1. The van der Waals surface area contributed by atoms with Crippen LogP contribution in [0.15, 0.2) is 30.5 Å². The quantitative estimate of drug-likeness (QED) is 0.849. The first-order chi connectivity index (χ1) is 13.0. The molecular formula is C20H23FN4O2. The second kappa shape index (κ2) is 6.81. The van der Waals surface area contributed by atoms with Crippen molar-refractivity contribution in [3.63, 3.8) is 0 Å². The third kappa shape index (κ3) is 3.12. The topological polar surface area (TPSA) is 68.7 Å². The molecule has 1 fully saturated rings. The SMILES string of the molecule is CN1C(=O)c2cccc(F)c2N(C)c2cc(N[C@H]3CC[C@H](O)CC3)ncc21. The second-order valence-corrected chi connectivity index (χ2v) is 7.27. The van der Waals surface area contributed by atoms with E-state index < -0.39 is 5.82 Å². The standard InChI is InChI=1S/C20H23FN4O2/c1-24-16-10-18(23-12-6-8-13(26)9-7-12)22-11-17(16)25(2)20(27)14-4-3-5-15(21)19(14)24/h3-5,10-13,26H,6-9H2,1-2H3,(H,22,23)/t12-,13-. The average Bonchev–Trinajstić information content (AvgIpc) is 2.74. The average molecular weight is 370 g/mol. The molecule has 0 saturated heterocycles. The van der Waals surface area contributed by atoms with E-state index in [-0.39, 0.29) is 23.7 Å². The van der Waals surface area contributed by atoms with Crippen LogP contribution in [0, 0.1) is 5.82 Å². The highest BCUT2D eigenvalue weighted by Crippen LogP contribution is 2.41. The molecule has 0 atom stereocenters. The van der Waals surface area contributed by atoms with Gasteiger partial charge in [-0.25, -0.2) is 9.37 Å². The molecule has 7 heteroatoms. The van der Waals surface area contributed by atoms with Crippen LogP contribution in [0.4, 0.5) is 27.3 Å². The number of aliphatic hydroxyl groups is 1. The number of hydrogen-bond acceptors (Lipinski definition) is 5. The first kappa shape index (κ1) is 17.7. The van der Waals surface area contributed by atoms with Gasteiger partial charge in [-0.3, -0.25) is 4.79 Å². The molecule has 2 N–H and O–H groups in total. The fourth-order valence-corrected chi connectivity index (χ4v) is 3.91. The van der Waals surface area contributed by atoms with Gasteiger partial charge in [-0.2, -0.15) is 0 Å². The monoisotopic (exact) mass is 370 g/mol. The number of nitrogens with one attached hydrogen (secondary N) is 1. The number of benzene rings is 1. The van der Waals surface area contributed by atoms with Gasteiger partial charge in [0.2, 0.25) is 0 Å². The summed E-state index contributed by atoms with van der Waals surface area (Å²) in [6, 6.07) is 6.65. The Morgan fingerprint density at radius 3 is 2.63 bits per heavy atom. The van der Waals surface area contributed by atoms with Crippen LogP contribution in [-0.2, 0) is 0 Å². The van der Waals surface area contributed by atoms with Crippen molar-refractivity contribution < 1.29 is 14.3 Å². The molecule has 2 aliphatic rings. The minimum Gasteiger partial charge on any atom is -0.393 e. The molecule has 1 aromatic carbocycles. The Morgan fingerprint density at radius 1 is 1.15 bits per heavy atom. The van der Waals surface area contributed by atoms with Gasteiger partial charge in [0.1, 0.15) is 11.6 Å². The first-order valence-electron chi connectivity index (χ1n) is 9.20. The minimum absolute atomic E-state index is 0.215. The molecule has 4 rings (SSSR count). The first-order valence-corrected chi connectivity index (χ1v) is 9.20. The second-order valence-electron chi connectivity index (χ2n) is 7.27. The third-order valence-electron chi connectivity index (χ3n) is 5.49. The van der Waals surface area contributed by atoms with Crippen LogP contribution in [0.25, 0.3) is 0 Å². The van der Waals surface area contributed by atoms with Crippen LogP contribution >= 0.6 is 0 Å². The fraction of sp³-hybridized carbons (Fsp3) is 0.400. The molecule has 142 valence electrons. The van der Waals surface area contributed by atoms with Crippen molar-refractivity contribution in [1.29, 1.82) is 0 Å².